The van der Waals surface area contributed by atoms with Gasteiger partial charge in [0.15, 0.2) is 0 Å². The van der Waals surface area contributed by atoms with Gasteiger partial charge in [-0.15, -0.1) is 11.3 Å². The smallest absolute Gasteiger partial charge is 0.317 e. The number of ether oxygens (including phenoxy) is 2. The number of likely N-dealkylation sites (tertiary alicyclic amines) is 1. The number of methoxy groups -OCH3 is 2. The molecule has 4 amide bonds. The second kappa shape index (κ2) is 23.1. The molecular formula is C52H71N7O8S. The molecule has 2 aliphatic heterocycles. The molecule has 0 bridgehead atoms. The highest BCUT2D eigenvalue weighted by molar-refractivity contribution is 7.13. The molecule has 1 saturated heterocycles. The topological polar surface area (TPSA) is 176 Å². The molecule has 368 valence electrons. The van der Waals surface area contributed by atoms with Gasteiger partial charge in [-0.1, -0.05) is 64.3 Å². The molecule has 6 rings (SSSR count). The largest absolute Gasteiger partial charge is 0.496 e. The molecule has 3 N–H and O–H groups in total. The minimum absolute atomic E-state index is 0.00526. The Hall–Kier alpha value is -5.58. The van der Waals surface area contributed by atoms with Gasteiger partial charge in [0.2, 0.25) is 11.8 Å². The van der Waals surface area contributed by atoms with E-state index in [1.165, 1.54) is 4.90 Å². The third-order valence-corrected chi connectivity index (χ3v) is 14.2. The molecule has 2 aliphatic rings. The highest BCUT2D eigenvalue weighted by Crippen LogP contribution is 2.39. The Bertz CT molecular complexity index is 2450. The number of nitrogens with one attached hydrogen (secondary N) is 2. The Morgan fingerprint density at radius 3 is 2.26 bits per heavy atom. The van der Waals surface area contributed by atoms with E-state index in [4.69, 9.17) is 9.47 Å². The average Bonchev–Trinajstić information content (AvgIpc) is 3.93. The Morgan fingerprint density at radius 2 is 1.63 bits per heavy atom. The van der Waals surface area contributed by atoms with Crippen LogP contribution in [0.4, 0.5) is 4.79 Å². The summed E-state index contributed by atoms with van der Waals surface area (Å²) in [6, 6.07) is 10.9. The number of ketones is 1. The van der Waals surface area contributed by atoms with E-state index in [0.717, 1.165) is 69.6 Å². The number of rotatable bonds is 20. The first-order valence-electron chi connectivity index (χ1n) is 23.8. The van der Waals surface area contributed by atoms with Crippen LogP contribution in [0.3, 0.4) is 0 Å². The van der Waals surface area contributed by atoms with Crippen molar-refractivity contribution >= 4 is 35.0 Å². The molecule has 68 heavy (non-hydrogen) atoms. The van der Waals surface area contributed by atoms with Crippen molar-refractivity contribution in [3.63, 3.8) is 0 Å². The number of fused-ring (bicyclic) bond motifs is 1. The fourth-order valence-electron chi connectivity index (χ4n) is 9.38. The van der Waals surface area contributed by atoms with Crippen molar-refractivity contribution in [1.29, 1.82) is 0 Å². The molecule has 0 saturated carbocycles. The van der Waals surface area contributed by atoms with E-state index < -0.39 is 23.5 Å². The molecule has 4 heterocycles. The maximum absolute atomic E-state index is 14.1. The molecule has 15 nitrogen and oxygen atoms in total. The van der Waals surface area contributed by atoms with E-state index in [0.29, 0.717) is 56.0 Å². The van der Waals surface area contributed by atoms with E-state index in [9.17, 15) is 29.1 Å². The van der Waals surface area contributed by atoms with Crippen molar-refractivity contribution in [2.45, 2.75) is 117 Å². The highest BCUT2D eigenvalue weighted by Gasteiger charge is 2.44. The number of aromatic nitrogens is 2. The van der Waals surface area contributed by atoms with Crippen molar-refractivity contribution in [3.05, 3.63) is 86.4 Å². The van der Waals surface area contributed by atoms with Gasteiger partial charge in [-0.3, -0.25) is 19.2 Å². The van der Waals surface area contributed by atoms with Crippen molar-refractivity contribution in [2.24, 2.45) is 18.4 Å². The number of pyridine rings is 1. The van der Waals surface area contributed by atoms with E-state index in [1.54, 1.807) is 42.1 Å². The summed E-state index contributed by atoms with van der Waals surface area (Å²) >= 11 is 1.58. The number of aryl methyl sites for hydroxylation is 2. The van der Waals surface area contributed by atoms with Crippen LogP contribution in [0.15, 0.2) is 52.9 Å². The number of thiazole rings is 1. The molecule has 2 aromatic carbocycles. The molecule has 3 atom stereocenters. The van der Waals surface area contributed by atoms with Gasteiger partial charge in [-0.05, 0) is 80.1 Å². The van der Waals surface area contributed by atoms with Crippen LogP contribution in [0.5, 0.6) is 11.5 Å². The van der Waals surface area contributed by atoms with Crippen molar-refractivity contribution in [2.75, 3.05) is 47.9 Å². The van der Waals surface area contributed by atoms with Gasteiger partial charge in [-0.25, -0.2) is 9.78 Å². The number of carbonyl (C=O) groups excluding carboxylic acids is 4. The molecule has 0 unspecified atom stereocenters. The fraction of sp³-hybridized carbons (Fsp3) is 0.538. The first-order chi connectivity index (χ1) is 32.4. The SMILES string of the molecule is COc1cc(-c2cn(C)c(=O)c3c2CCN(C(=O)NCCCCCCCC(=O)C[C@H](C(=O)N2C[C@H](O)C[C@H]2C(=O)NCc2ccc(-c4scnc4C)cc2)C(C)(C)C)C3)cc(OC)c1CN(C)C. The maximum atomic E-state index is 14.1. The highest BCUT2D eigenvalue weighted by atomic mass is 32.1. The number of hydrogen-bond acceptors (Lipinski definition) is 11. The second-order valence-corrected chi connectivity index (χ2v) is 20.5. The number of aliphatic hydroxyl groups excluding tert-OH is 1. The number of Topliss-reactive ketones (excluding diaryl/α,β-unsaturated/α-hetero) is 1. The Balaban J connectivity index is 0.929. The minimum Gasteiger partial charge on any atom is -0.496 e. The van der Waals surface area contributed by atoms with Gasteiger partial charge in [-0.2, -0.15) is 0 Å². The molecular weight excluding hydrogens is 883 g/mol. The zero-order valence-corrected chi connectivity index (χ0v) is 42.2. The molecule has 1 fully saturated rings. The molecule has 2 aromatic heterocycles. The number of amides is 4. The summed E-state index contributed by atoms with van der Waals surface area (Å²) in [5.74, 6) is 0.171. The van der Waals surface area contributed by atoms with Crippen molar-refractivity contribution in [3.8, 4) is 33.1 Å². The maximum Gasteiger partial charge on any atom is 0.317 e. The van der Waals surface area contributed by atoms with Crippen LogP contribution in [-0.2, 0) is 47.5 Å². The third-order valence-electron chi connectivity index (χ3n) is 13.2. The van der Waals surface area contributed by atoms with Gasteiger partial charge in [0.25, 0.3) is 5.56 Å². The van der Waals surface area contributed by atoms with Gasteiger partial charge in [0.05, 0.1) is 48.5 Å². The Kier molecular flexibility index (Phi) is 17.6. The fourth-order valence-corrected chi connectivity index (χ4v) is 10.2. The number of nitrogens with zero attached hydrogens (tertiary/aromatic N) is 5. The summed E-state index contributed by atoms with van der Waals surface area (Å²) in [4.78, 5) is 78.3. The second-order valence-electron chi connectivity index (χ2n) is 19.7. The van der Waals surface area contributed by atoms with Gasteiger partial charge in [0, 0.05) is 82.3 Å². The lowest BCUT2D eigenvalue weighted by atomic mass is 9.76. The van der Waals surface area contributed by atoms with Crippen molar-refractivity contribution < 1.29 is 33.8 Å². The predicted molar refractivity (Wildman–Crippen MR) is 266 cm³/mol. The standard InChI is InChI=1S/C52H71N7O8S/c1-33-47(68-32-55-33)35-18-16-34(17-19-35)27-54-48(62)44-26-38(61)28-59(44)50(64)43(52(2,3)4)25-37(60)15-13-11-10-12-14-21-53-51(65)58-22-20-39-40(30-57(7)49(63)41(39)31-58)36-23-45(66-8)42(29-56(5)6)46(24-36)67-9/h16-19,23-24,30,32,38,43-44,61H,10-15,20-22,25-29,31H2,1-9H3,(H,53,65)(H,54,62)/t38-,43-,44+/m1/s1. The number of β-amino-alcohol motifs (C(OH)–C–C–N with tert-alkyl or cyclic N) is 1. The molecule has 0 spiro atoms. The molecule has 0 aliphatic carbocycles. The Morgan fingerprint density at radius 1 is 0.956 bits per heavy atom. The lowest BCUT2D eigenvalue weighted by molar-refractivity contribution is -0.146. The molecule has 0 radical (unpaired) electrons. The summed E-state index contributed by atoms with van der Waals surface area (Å²) in [5, 5.41) is 16.6. The van der Waals surface area contributed by atoms with E-state index in [-0.39, 0.29) is 61.7 Å². The number of unbranched alkanes of at least 4 members (excludes halogenated alkanes) is 4. The van der Waals surface area contributed by atoms with Gasteiger partial charge in [0.1, 0.15) is 23.3 Å². The zero-order chi connectivity index (χ0) is 49.3. The number of benzene rings is 2. The lowest BCUT2D eigenvalue weighted by Crippen LogP contribution is -2.50. The van der Waals surface area contributed by atoms with E-state index in [2.05, 4.69) is 15.6 Å². The summed E-state index contributed by atoms with van der Waals surface area (Å²) < 4.78 is 13.1. The zero-order valence-electron chi connectivity index (χ0n) is 41.4. The van der Waals surface area contributed by atoms with Gasteiger partial charge < -0.3 is 44.5 Å². The summed E-state index contributed by atoms with van der Waals surface area (Å²) in [6.07, 6.45) is 6.21. The Labute approximate surface area is 405 Å². The first kappa shape index (κ1) is 51.8. The number of carbonyl (C=O) groups is 4. The van der Waals surface area contributed by atoms with Crippen molar-refractivity contribution in [1.82, 2.24) is 34.9 Å². The molecule has 4 aromatic rings. The minimum atomic E-state index is -0.827. The predicted octanol–water partition coefficient (Wildman–Crippen LogP) is 6.87. The van der Waals surface area contributed by atoms with Crippen LogP contribution < -0.4 is 25.7 Å². The van der Waals surface area contributed by atoms with E-state index in [1.807, 2.05) is 94.8 Å². The van der Waals surface area contributed by atoms with Crippen LogP contribution in [0, 0.1) is 18.3 Å². The molecule has 16 heteroatoms. The van der Waals surface area contributed by atoms with Gasteiger partial charge >= 0.3 is 6.03 Å². The first-order valence-corrected chi connectivity index (χ1v) is 24.7. The third kappa shape index (κ3) is 12.7. The monoisotopic (exact) mass is 954 g/mol. The average molecular weight is 954 g/mol. The van der Waals surface area contributed by atoms with Crippen LogP contribution in [0.25, 0.3) is 21.6 Å². The number of aliphatic hydroxyl groups is 1. The summed E-state index contributed by atoms with van der Waals surface area (Å²) in [6.45, 7) is 9.94. The summed E-state index contributed by atoms with van der Waals surface area (Å²) in [7, 11) is 8.98. The quantitative estimate of drug-likeness (QED) is 0.0794. The number of urea groups is 1. The van der Waals surface area contributed by atoms with Crippen LogP contribution in [0.2, 0.25) is 0 Å². The summed E-state index contributed by atoms with van der Waals surface area (Å²) in [5.41, 5.74) is 8.37. The number of hydrogen-bond donors (Lipinski definition) is 3. The van der Waals surface area contributed by atoms with Crippen LogP contribution >= 0.6 is 11.3 Å². The van der Waals surface area contributed by atoms with Crippen LogP contribution in [0.1, 0.15) is 100 Å². The normalized spacial score (nSPS) is 16.4. The van der Waals surface area contributed by atoms with E-state index >= 15 is 0 Å². The lowest BCUT2D eigenvalue weighted by Gasteiger charge is -2.34. The van der Waals surface area contributed by atoms with Crippen LogP contribution in [-0.4, -0.2) is 113 Å².